The van der Waals surface area contributed by atoms with E-state index in [2.05, 4.69) is 13.8 Å². The molecule has 5 heteroatoms. The molecule has 0 aromatic heterocycles. The van der Waals surface area contributed by atoms with Gasteiger partial charge in [-0.05, 0) is 18.8 Å². The minimum atomic E-state index is -3.13. The second kappa shape index (κ2) is 4.59. The maximum Gasteiger partial charge on any atom is 0.281 e. The molecule has 1 fully saturated rings. The summed E-state index contributed by atoms with van der Waals surface area (Å²) in [4.78, 5) is 0. The van der Waals surface area contributed by atoms with Crippen LogP contribution in [0.2, 0.25) is 0 Å². The lowest BCUT2D eigenvalue weighted by atomic mass is 10.1. The molecule has 0 amide bonds. The van der Waals surface area contributed by atoms with E-state index in [1.54, 1.807) is 11.4 Å². The Kier molecular flexibility index (Phi) is 3.92. The molecule has 0 spiro atoms. The van der Waals surface area contributed by atoms with Crippen molar-refractivity contribution in [1.29, 1.82) is 0 Å². The van der Waals surface area contributed by atoms with E-state index in [1.165, 1.54) is 4.31 Å². The van der Waals surface area contributed by atoms with Crippen LogP contribution < -0.4 is 0 Å². The molecular weight excluding hydrogens is 200 g/mol. The van der Waals surface area contributed by atoms with Crippen molar-refractivity contribution in [2.45, 2.75) is 26.7 Å². The topological polar surface area (TPSA) is 40.6 Å². The highest BCUT2D eigenvalue weighted by atomic mass is 32.2. The molecular formula is C9H20N2O2S. The average molecular weight is 220 g/mol. The van der Waals surface area contributed by atoms with E-state index in [4.69, 9.17) is 0 Å². The summed E-state index contributed by atoms with van der Waals surface area (Å²) in [6.45, 7) is 6.21. The van der Waals surface area contributed by atoms with Crippen molar-refractivity contribution in [3.63, 3.8) is 0 Å². The van der Waals surface area contributed by atoms with Crippen LogP contribution in [0.25, 0.3) is 0 Å². The van der Waals surface area contributed by atoms with Crippen molar-refractivity contribution in [3.8, 4) is 0 Å². The van der Waals surface area contributed by atoms with Crippen LogP contribution in [0, 0.1) is 5.92 Å². The van der Waals surface area contributed by atoms with Gasteiger partial charge in [0.25, 0.3) is 10.2 Å². The zero-order valence-corrected chi connectivity index (χ0v) is 10.0. The predicted octanol–water partition coefficient (Wildman–Crippen LogP) is 0.915. The van der Waals surface area contributed by atoms with E-state index in [0.717, 1.165) is 12.8 Å². The number of nitrogens with zero attached hydrogens (tertiary/aromatic N) is 2. The zero-order valence-electron chi connectivity index (χ0n) is 9.23. The first-order valence-electron chi connectivity index (χ1n) is 5.16. The molecule has 0 aromatic rings. The monoisotopic (exact) mass is 220 g/mol. The summed E-state index contributed by atoms with van der Waals surface area (Å²) in [5.74, 6) is 0.553. The van der Waals surface area contributed by atoms with Gasteiger partial charge in [-0.2, -0.15) is 17.0 Å². The molecule has 0 radical (unpaired) electrons. The fraction of sp³-hybridized carbons (Fsp3) is 1.00. The lowest BCUT2D eigenvalue weighted by Crippen LogP contribution is -2.48. The van der Waals surface area contributed by atoms with Gasteiger partial charge in [0.15, 0.2) is 0 Å². The maximum absolute atomic E-state index is 11.8. The van der Waals surface area contributed by atoms with E-state index in [-0.39, 0.29) is 0 Å². The summed E-state index contributed by atoms with van der Waals surface area (Å²) < 4.78 is 26.6. The molecule has 4 nitrogen and oxygen atoms in total. The SMILES string of the molecule is CC(C)CCN1CCCN(C)S1(=O)=O. The molecule has 0 unspecified atom stereocenters. The standard InChI is InChI=1S/C9H20N2O2S/c1-9(2)5-8-11-7-4-6-10(3)14(11,12)13/h9H,4-8H2,1-3H3. The van der Waals surface area contributed by atoms with Crippen molar-refractivity contribution < 1.29 is 8.42 Å². The number of hydrogen-bond donors (Lipinski definition) is 0. The highest BCUT2D eigenvalue weighted by Crippen LogP contribution is 2.15. The smallest absolute Gasteiger partial charge is 0.195 e. The molecule has 0 saturated carbocycles. The number of rotatable bonds is 3. The number of hydrogen-bond acceptors (Lipinski definition) is 2. The molecule has 0 aromatic carbocycles. The van der Waals surface area contributed by atoms with Gasteiger partial charge < -0.3 is 0 Å². The third kappa shape index (κ3) is 2.68. The second-order valence-corrected chi connectivity index (χ2v) is 6.30. The molecule has 1 rings (SSSR count). The lowest BCUT2D eigenvalue weighted by Gasteiger charge is -2.32. The Balaban J connectivity index is 2.59. The summed E-state index contributed by atoms with van der Waals surface area (Å²) in [6.07, 6.45) is 1.88. The van der Waals surface area contributed by atoms with Gasteiger partial charge in [-0.3, -0.25) is 0 Å². The Morgan fingerprint density at radius 3 is 2.50 bits per heavy atom. The Bertz CT molecular complexity index is 275. The fourth-order valence-corrected chi connectivity index (χ4v) is 2.98. The van der Waals surface area contributed by atoms with Crippen LogP contribution in [0.5, 0.6) is 0 Å². The van der Waals surface area contributed by atoms with Gasteiger partial charge in [0, 0.05) is 26.7 Å². The summed E-state index contributed by atoms with van der Waals surface area (Å²) in [6, 6.07) is 0. The van der Waals surface area contributed by atoms with Crippen LogP contribution in [0.3, 0.4) is 0 Å². The Morgan fingerprint density at radius 1 is 1.29 bits per heavy atom. The summed E-state index contributed by atoms with van der Waals surface area (Å²) >= 11 is 0. The highest BCUT2D eigenvalue weighted by Gasteiger charge is 2.30. The van der Waals surface area contributed by atoms with E-state index in [1.807, 2.05) is 0 Å². The first-order chi connectivity index (χ1) is 6.44. The maximum atomic E-state index is 11.8. The molecule has 1 aliphatic heterocycles. The Labute approximate surface area is 87.1 Å². The molecule has 0 N–H and O–H groups in total. The van der Waals surface area contributed by atoms with Crippen molar-refractivity contribution in [1.82, 2.24) is 8.61 Å². The van der Waals surface area contributed by atoms with Crippen LogP contribution in [0.15, 0.2) is 0 Å². The van der Waals surface area contributed by atoms with Crippen molar-refractivity contribution in [2.75, 3.05) is 26.7 Å². The van der Waals surface area contributed by atoms with Crippen LogP contribution >= 0.6 is 0 Å². The molecule has 0 bridgehead atoms. The lowest BCUT2D eigenvalue weighted by molar-refractivity contribution is 0.296. The second-order valence-electron chi connectivity index (χ2n) is 4.26. The van der Waals surface area contributed by atoms with Gasteiger partial charge in [0.1, 0.15) is 0 Å². The summed E-state index contributed by atoms with van der Waals surface area (Å²) in [5, 5.41) is 0. The van der Waals surface area contributed by atoms with Crippen molar-refractivity contribution in [2.24, 2.45) is 5.92 Å². The van der Waals surface area contributed by atoms with Crippen molar-refractivity contribution >= 4 is 10.2 Å². The first kappa shape index (κ1) is 11.9. The minimum Gasteiger partial charge on any atom is -0.195 e. The van der Waals surface area contributed by atoms with Gasteiger partial charge in [0.2, 0.25) is 0 Å². The van der Waals surface area contributed by atoms with Crippen LogP contribution in [0.4, 0.5) is 0 Å². The fourth-order valence-electron chi connectivity index (χ4n) is 1.53. The van der Waals surface area contributed by atoms with E-state index >= 15 is 0 Å². The van der Waals surface area contributed by atoms with E-state index in [0.29, 0.717) is 25.6 Å². The van der Waals surface area contributed by atoms with Gasteiger partial charge in [-0.25, -0.2) is 0 Å². The summed E-state index contributed by atoms with van der Waals surface area (Å²) in [7, 11) is -1.48. The van der Waals surface area contributed by atoms with E-state index < -0.39 is 10.2 Å². The van der Waals surface area contributed by atoms with Crippen LogP contribution in [-0.4, -0.2) is 43.7 Å². The van der Waals surface area contributed by atoms with Crippen molar-refractivity contribution in [3.05, 3.63) is 0 Å². The van der Waals surface area contributed by atoms with Crippen LogP contribution in [0.1, 0.15) is 26.7 Å². The molecule has 0 atom stereocenters. The zero-order chi connectivity index (χ0) is 10.8. The Hall–Kier alpha value is -0.130. The highest BCUT2D eigenvalue weighted by molar-refractivity contribution is 7.86. The average Bonchev–Trinajstić information content (AvgIpc) is 2.07. The third-order valence-electron chi connectivity index (χ3n) is 2.56. The van der Waals surface area contributed by atoms with E-state index in [9.17, 15) is 8.42 Å². The predicted molar refractivity (Wildman–Crippen MR) is 57.2 cm³/mol. The van der Waals surface area contributed by atoms with Gasteiger partial charge in [-0.1, -0.05) is 13.8 Å². The molecule has 1 heterocycles. The van der Waals surface area contributed by atoms with Gasteiger partial charge in [-0.15, -0.1) is 0 Å². The molecule has 1 saturated heterocycles. The molecule has 1 aliphatic rings. The molecule has 84 valence electrons. The third-order valence-corrected chi connectivity index (χ3v) is 4.54. The summed E-state index contributed by atoms with van der Waals surface area (Å²) in [5.41, 5.74) is 0. The first-order valence-corrected chi connectivity index (χ1v) is 6.55. The normalized spacial score (nSPS) is 24.3. The Morgan fingerprint density at radius 2 is 1.93 bits per heavy atom. The van der Waals surface area contributed by atoms with Gasteiger partial charge >= 0.3 is 0 Å². The van der Waals surface area contributed by atoms with Gasteiger partial charge in [0.05, 0.1) is 0 Å². The molecule has 0 aliphatic carbocycles. The molecule has 14 heavy (non-hydrogen) atoms. The minimum absolute atomic E-state index is 0.553. The van der Waals surface area contributed by atoms with Crippen LogP contribution in [-0.2, 0) is 10.2 Å². The largest absolute Gasteiger partial charge is 0.281 e. The quantitative estimate of drug-likeness (QED) is 0.709.